The van der Waals surface area contributed by atoms with Crippen LogP contribution in [0.3, 0.4) is 0 Å². The summed E-state index contributed by atoms with van der Waals surface area (Å²) in [6.07, 6.45) is 0.930. The van der Waals surface area contributed by atoms with Gasteiger partial charge in [0.15, 0.2) is 5.03 Å². The molecule has 0 spiro atoms. The van der Waals surface area contributed by atoms with Crippen molar-refractivity contribution in [1.82, 2.24) is 10.2 Å². The molecular weight excluding hydrogens is 286 g/mol. The number of hydrogen-bond acceptors (Lipinski definition) is 5. The van der Waals surface area contributed by atoms with E-state index in [1.54, 1.807) is 18.2 Å². The molecule has 20 heavy (non-hydrogen) atoms. The molecule has 106 valence electrons. The molecule has 2 aromatic rings. The van der Waals surface area contributed by atoms with E-state index in [2.05, 4.69) is 14.9 Å². The maximum absolute atomic E-state index is 12.2. The highest BCUT2D eigenvalue weighted by Crippen LogP contribution is 2.26. The number of benzene rings is 1. The molecule has 0 aliphatic carbocycles. The Labute approximate surface area is 114 Å². The van der Waals surface area contributed by atoms with Gasteiger partial charge in [0.2, 0.25) is 0 Å². The van der Waals surface area contributed by atoms with Crippen LogP contribution in [-0.2, 0) is 10.0 Å². The normalized spacial score (nSPS) is 11.1. The zero-order valence-corrected chi connectivity index (χ0v) is 11.1. The van der Waals surface area contributed by atoms with Crippen molar-refractivity contribution in [2.45, 2.75) is 5.03 Å². The minimum absolute atomic E-state index is 0.195. The molecule has 2 rings (SSSR count). The first-order chi connectivity index (χ1) is 9.45. The quantitative estimate of drug-likeness (QED) is 0.754. The van der Waals surface area contributed by atoms with E-state index in [-0.39, 0.29) is 5.69 Å². The molecular formula is C11H11N3O5S. The SMILES string of the molecule is COc1ccccc1NS(=O)(=O)c1[nH]ncc1C(=O)O. The molecule has 1 heterocycles. The first-order valence-electron chi connectivity index (χ1n) is 5.38. The van der Waals surface area contributed by atoms with Crippen molar-refractivity contribution >= 4 is 21.7 Å². The molecule has 0 aliphatic rings. The number of ether oxygens (including phenoxy) is 1. The van der Waals surface area contributed by atoms with E-state index in [4.69, 9.17) is 9.84 Å². The molecule has 0 unspecified atom stereocenters. The third-order valence-corrected chi connectivity index (χ3v) is 3.79. The maximum Gasteiger partial charge on any atom is 0.340 e. The Hall–Kier alpha value is -2.55. The fourth-order valence-corrected chi connectivity index (χ4v) is 2.72. The van der Waals surface area contributed by atoms with E-state index in [9.17, 15) is 13.2 Å². The molecule has 0 saturated heterocycles. The molecule has 0 radical (unpaired) electrons. The lowest BCUT2D eigenvalue weighted by atomic mass is 10.3. The highest BCUT2D eigenvalue weighted by atomic mass is 32.2. The average Bonchev–Trinajstić information content (AvgIpc) is 2.89. The van der Waals surface area contributed by atoms with Gasteiger partial charge in [-0.25, -0.2) is 4.79 Å². The summed E-state index contributed by atoms with van der Waals surface area (Å²) in [6.45, 7) is 0. The van der Waals surface area contributed by atoms with E-state index in [1.807, 2.05) is 0 Å². The Morgan fingerprint density at radius 3 is 2.75 bits per heavy atom. The number of aromatic carboxylic acids is 1. The first-order valence-corrected chi connectivity index (χ1v) is 6.86. The van der Waals surface area contributed by atoms with Crippen molar-refractivity contribution in [3.63, 3.8) is 0 Å². The van der Waals surface area contributed by atoms with Crippen LogP contribution < -0.4 is 9.46 Å². The number of carbonyl (C=O) groups is 1. The third-order valence-electron chi connectivity index (χ3n) is 2.45. The highest BCUT2D eigenvalue weighted by Gasteiger charge is 2.25. The lowest BCUT2D eigenvalue weighted by Gasteiger charge is -2.10. The number of carboxylic acids is 1. The molecule has 0 bridgehead atoms. The van der Waals surface area contributed by atoms with Gasteiger partial charge in [-0.1, -0.05) is 12.1 Å². The van der Waals surface area contributed by atoms with Gasteiger partial charge in [-0.05, 0) is 12.1 Å². The maximum atomic E-state index is 12.2. The molecule has 0 aliphatic heterocycles. The van der Waals surface area contributed by atoms with Crippen molar-refractivity contribution in [1.29, 1.82) is 0 Å². The Bertz CT molecular complexity index is 738. The number of rotatable bonds is 5. The first kappa shape index (κ1) is 13.9. The summed E-state index contributed by atoms with van der Waals surface area (Å²) in [5.74, 6) is -1.08. The summed E-state index contributed by atoms with van der Waals surface area (Å²) in [6, 6.07) is 6.36. The predicted molar refractivity (Wildman–Crippen MR) is 69.3 cm³/mol. The number of nitrogens with zero attached hydrogens (tertiary/aromatic N) is 1. The average molecular weight is 297 g/mol. The van der Waals surface area contributed by atoms with Gasteiger partial charge in [0, 0.05) is 0 Å². The fraction of sp³-hybridized carbons (Fsp3) is 0.0909. The third kappa shape index (κ3) is 2.57. The molecule has 0 amide bonds. The molecule has 0 atom stereocenters. The smallest absolute Gasteiger partial charge is 0.340 e. The van der Waals surface area contributed by atoms with Gasteiger partial charge in [0.05, 0.1) is 19.0 Å². The van der Waals surface area contributed by atoms with Crippen molar-refractivity contribution in [3.8, 4) is 5.75 Å². The summed E-state index contributed by atoms with van der Waals surface area (Å²) in [4.78, 5) is 10.9. The van der Waals surface area contributed by atoms with Crippen LogP contribution in [0.25, 0.3) is 0 Å². The van der Waals surface area contributed by atoms with Gasteiger partial charge in [0.1, 0.15) is 11.3 Å². The van der Waals surface area contributed by atoms with Crippen molar-refractivity contribution in [2.75, 3.05) is 11.8 Å². The largest absolute Gasteiger partial charge is 0.495 e. The number of methoxy groups -OCH3 is 1. The van der Waals surface area contributed by atoms with Crippen LogP contribution in [0.1, 0.15) is 10.4 Å². The summed E-state index contributed by atoms with van der Waals surface area (Å²) in [5.41, 5.74) is -0.242. The highest BCUT2D eigenvalue weighted by molar-refractivity contribution is 7.92. The zero-order valence-electron chi connectivity index (χ0n) is 10.3. The van der Waals surface area contributed by atoms with E-state index in [1.165, 1.54) is 13.2 Å². The number of hydrogen-bond donors (Lipinski definition) is 3. The van der Waals surface area contributed by atoms with E-state index >= 15 is 0 Å². The van der Waals surface area contributed by atoms with Crippen molar-refractivity contribution in [2.24, 2.45) is 0 Å². The van der Waals surface area contributed by atoms with Gasteiger partial charge < -0.3 is 9.84 Å². The van der Waals surface area contributed by atoms with Gasteiger partial charge >= 0.3 is 5.97 Å². The molecule has 8 nitrogen and oxygen atoms in total. The van der Waals surface area contributed by atoms with Crippen LogP contribution >= 0.6 is 0 Å². The lowest BCUT2D eigenvalue weighted by Crippen LogP contribution is -2.17. The number of aromatic amines is 1. The van der Waals surface area contributed by atoms with Crippen LogP contribution in [0.5, 0.6) is 5.75 Å². The number of anilines is 1. The number of para-hydroxylation sites is 2. The Kier molecular flexibility index (Phi) is 3.61. The number of aromatic nitrogens is 2. The predicted octanol–water partition coefficient (Wildman–Crippen LogP) is 0.917. The lowest BCUT2D eigenvalue weighted by molar-refractivity contribution is 0.0692. The minimum atomic E-state index is -4.11. The van der Waals surface area contributed by atoms with Crippen molar-refractivity contribution in [3.05, 3.63) is 36.0 Å². The van der Waals surface area contributed by atoms with Crippen LogP contribution in [0.2, 0.25) is 0 Å². The second kappa shape index (κ2) is 5.21. The van der Waals surface area contributed by atoms with Gasteiger partial charge in [-0.3, -0.25) is 9.82 Å². The second-order valence-electron chi connectivity index (χ2n) is 3.72. The summed E-state index contributed by atoms with van der Waals surface area (Å²) in [5, 5.41) is 14.0. The molecule has 3 N–H and O–H groups in total. The molecule has 9 heteroatoms. The molecule has 1 aromatic carbocycles. The molecule has 0 fully saturated rings. The number of H-pyrrole nitrogens is 1. The number of carboxylic acid groups (broad SMARTS) is 1. The van der Waals surface area contributed by atoms with E-state index in [0.29, 0.717) is 5.75 Å². The molecule has 1 aromatic heterocycles. The number of sulfonamides is 1. The van der Waals surface area contributed by atoms with Crippen LogP contribution in [-0.4, -0.2) is 36.8 Å². The zero-order chi connectivity index (χ0) is 14.8. The monoisotopic (exact) mass is 297 g/mol. The Morgan fingerprint density at radius 1 is 1.40 bits per heavy atom. The number of nitrogens with one attached hydrogen (secondary N) is 2. The van der Waals surface area contributed by atoms with E-state index < -0.39 is 26.6 Å². The van der Waals surface area contributed by atoms with Crippen molar-refractivity contribution < 1.29 is 23.1 Å². The Balaban J connectivity index is 2.41. The fourth-order valence-electron chi connectivity index (χ4n) is 1.56. The minimum Gasteiger partial charge on any atom is -0.495 e. The summed E-state index contributed by atoms with van der Waals surface area (Å²) < 4.78 is 31.6. The Morgan fingerprint density at radius 2 is 2.10 bits per heavy atom. The molecule has 0 saturated carbocycles. The van der Waals surface area contributed by atoms with E-state index in [0.717, 1.165) is 6.20 Å². The van der Waals surface area contributed by atoms with Crippen LogP contribution in [0, 0.1) is 0 Å². The van der Waals surface area contributed by atoms with Crippen LogP contribution in [0.15, 0.2) is 35.5 Å². The van der Waals surface area contributed by atoms with Crippen LogP contribution in [0.4, 0.5) is 5.69 Å². The summed E-state index contributed by atoms with van der Waals surface area (Å²) >= 11 is 0. The topological polar surface area (TPSA) is 121 Å². The van der Waals surface area contributed by atoms with Gasteiger partial charge in [-0.2, -0.15) is 13.5 Å². The summed E-state index contributed by atoms with van der Waals surface area (Å²) in [7, 11) is -2.71. The second-order valence-corrected chi connectivity index (χ2v) is 5.34. The van der Waals surface area contributed by atoms with Gasteiger partial charge in [-0.15, -0.1) is 0 Å². The van der Waals surface area contributed by atoms with Gasteiger partial charge in [0.25, 0.3) is 10.0 Å². The standard InChI is InChI=1S/C11H11N3O5S/c1-19-9-5-3-2-4-8(9)14-20(17,18)10-7(11(15)16)6-12-13-10/h2-6,14H,1H3,(H,12,13)(H,15,16).